The maximum Gasteiger partial charge on any atom is 0.405 e. The first-order valence-corrected chi connectivity index (χ1v) is 9.05. The third-order valence-corrected chi connectivity index (χ3v) is 5.81. The van der Waals surface area contributed by atoms with Crippen LogP contribution < -0.4 is 5.32 Å². The van der Waals surface area contributed by atoms with Gasteiger partial charge in [-0.2, -0.15) is 17.5 Å². The van der Waals surface area contributed by atoms with Gasteiger partial charge in [0, 0.05) is 25.8 Å². The van der Waals surface area contributed by atoms with E-state index in [1.165, 1.54) is 22.5 Å². The first-order valence-electron chi connectivity index (χ1n) is 7.61. The number of alkyl halides is 3. The van der Waals surface area contributed by atoms with Crippen molar-refractivity contribution in [1.82, 2.24) is 9.62 Å². The van der Waals surface area contributed by atoms with Gasteiger partial charge in [0.2, 0.25) is 10.0 Å². The van der Waals surface area contributed by atoms with E-state index in [9.17, 15) is 26.4 Å². The van der Waals surface area contributed by atoms with Crippen molar-refractivity contribution in [2.24, 2.45) is 0 Å². The number of sulfonamides is 1. The van der Waals surface area contributed by atoms with Crippen molar-refractivity contribution in [3.05, 3.63) is 29.8 Å². The first-order chi connectivity index (χ1) is 11.6. The van der Waals surface area contributed by atoms with E-state index in [2.05, 4.69) is 0 Å². The number of ether oxygens (including phenoxy) is 1. The molecule has 0 saturated carbocycles. The van der Waals surface area contributed by atoms with Gasteiger partial charge in [0.05, 0.1) is 11.0 Å². The van der Waals surface area contributed by atoms with E-state index in [1.807, 2.05) is 0 Å². The van der Waals surface area contributed by atoms with E-state index in [0.29, 0.717) is 12.8 Å². The zero-order chi connectivity index (χ0) is 18.7. The van der Waals surface area contributed by atoms with Crippen LogP contribution in [0.1, 0.15) is 23.2 Å². The summed E-state index contributed by atoms with van der Waals surface area (Å²) in [6.45, 7) is -0.913. The van der Waals surface area contributed by atoms with Crippen LogP contribution in [-0.4, -0.2) is 57.7 Å². The molecule has 2 rings (SSSR count). The molecule has 1 fully saturated rings. The van der Waals surface area contributed by atoms with E-state index >= 15 is 0 Å². The number of nitrogens with one attached hydrogen (secondary N) is 1. The molecule has 10 heteroatoms. The van der Waals surface area contributed by atoms with Gasteiger partial charge in [-0.05, 0) is 31.0 Å². The highest BCUT2D eigenvalue weighted by Crippen LogP contribution is 2.22. The van der Waals surface area contributed by atoms with Gasteiger partial charge in [-0.25, -0.2) is 8.42 Å². The van der Waals surface area contributed by atoms with Gasteiger partial charge in [-0.15, -0.1) is 0 Å². The zero-order valence-electron chi connectivity index (χ0n) is 13.5. The second-order valence-corrected chi connectivity index (χ2v) is 7.60. The molecule has 140 valence electrons. The molecule has 1 aromatic carbocycles. The summed E-state index contributed by atoms with van der Waals surface area (Å²) in [6.07, 6.45) is -3.42. The van der Waals surface area contributed by atoms with Crippen LogP contribution in [0.3, 0.4) is 0 Å². The Kier molecular flexibility index (Phi) is 6.07. The predicted molar refractivity (Wildman–Crippen MR) is 83.6 cm³/mol. The zero-order valence-corrected chi connectivity index (χ0v) is 14.4. The normalized spacial score (nSPS) is 17.4. The van der Waals surface area contributed by atoms with E-state index in [1.54, 1.807) is 12.4 Å². The number of halogens is 3. The number of carbonyl (C=O) groups is 1. The third-order valence-electron chi connectivity index (χ3n) is 3.92. The highest BCUT2D eigenvalue weighted by atomic mass is 32.2. The van der Waals surface area contributed by atoms with Crippen LogP contribution in [0.5, 0.6) is 0 Å². The lowest BCUT2D eigenvalue weighted by Gasteiger charge is -2.30. The quantitative estimate of drug-likeness (QED) is 0.845. The minimum absolute atomic E-state index is 0.00549. The average molecular weight is 380 g/mol. The van der Waals surface area contributed by atoms with Crippen LogP contribution in [0.15, 0.2) is 29.2 Å². The van der Waals surface area contributed by atoms with Gasteiger partial charge in [0.1, 0.15) is 6.54 Å². The Hall–Kier alpha value is -1.65. The number of piperidine rings is 1. The molecular weight excluding hydrogens is 361 g/mol. The van der Waals surface area contributed by atoms with Crippen LogP contribution in [0, 0.1) is 0 Å². The molecule has 1 aromatic rings. The van der Waals surface area contributed by atoms with Gasteiger partial charge in [0.15, 0.2) is 0 Å². The van der Waals surface area contributed by atoms with Crippen molar-refractivity contribution in [1.29, 1.82) is 0 Å². The summed E-state index contributed by atoms with van der Waals surface area (Å²) in [5.41, 5.74) is -0.142. The van der Waals surface area contributed by atoms with Crippen molar-refractivity contribution in [3.8, 4) is 0 Å². The van der Waals surface area contributed by atoms with Crippen molar-refractivity contribution in [3.63, 3.8) is 0 Å². The topological polar surface area (TPSA) is 75.7 Å². The maximum absolute atomic E-state index is 12.6. The molecule has 0 aromatic heterocycles. The van der Waals surface area contributed by atoms with Crippen molar-refractivity contribution < 1.29 is 31.1 Å². The van der Waals surface area contributed by atoms with Crippen LogP contribution in [0.25, 0.3) is 0 Å². The minimum atomic E-state index is -4.54. The number of methoxy groups -OCH3 is 1. The molecule has 0 radical (unpaired) electrons. The molecular formula is C15H19F3N2O4S. The lowest BCUT2D eigenvalue weighted by Crippen LogP contribution is -2.40. The second kappa shape index (κ2) is 7.71. The number of nitrogens with zero attached hydrogens (tertiary/aromatic N) is 1. The molecule has 0 spiro atoms. The Labute approximate surface area is 144 Å². The molecule has 1 N–H and O–H groups in total. The molecule has 1 aliphatic rings. The molecule has 1 amide bonds. The van der Waals surface area contributed by atoms with Gasteiger partial charge >= 0.3 is 6.18 Å². The minimum Gasteiger partial charge on any atom is -0.381 e. The van der Waals surface area contributed by atoms with Crippen LogP contribution >= 0.6 is 0 Å². The lowest BCUT2D eigenvalue weighted by atomic mass is 10.1. The van der Waals surface area contributed by atoms with E-state index < -0.39 is 28.7 Å². The average Bonchev–Trinajstić information content (AvgIpc) is 2.59. The number of hydrogen-bond acceptors (Lipinski definition) is 4. The van der Waals surface area contributed by atoms with Crippen LogP contribution in [0.2, 0.25) is 0 Å². The summed E-state index contributed by atoms with van der Waals surface area (Å²) in [5, 5.41) is 1.72. The Morgan fingerprint density at radius 3 is 2.52 bits per heavy atom. The molecule has 0 unspecified atom stereocenters. The number of hydrogen-bond donors (Lipinski definition) is 1. The number of amides is 1. The fourth-order valence-electron chi connectivity index (χ4n) is 2.54. The smallest absolute Gasteiger partial charge is 0.381 e. The maximum atomic E-state index is 12.6. The number of benzene rings is 1. The molecule has 1 aliphatic heterocycles. The lowest BCUT2D eigenvalue weighted by molar-refractivity contribution is -0.123. The van der Waals surface area contributed by atoms with Crippen molar-refractivity contribution in [2.75, 3.05) is 26.7 Å². The molecule has 1 saturated heterocycles. The van der Waals surface area contributed by atoms with Crippen molar-refractivity contribution >= 4 is 15.9 Å². The Morgan fingerprint density at radius 1 is 1.32 bits per heavy atom. The molecule has 0 aliphatic carbocycles. The summed E-state index contributed by atoms with van der Waals surface area (Å²) in [5.74, 6) is -0.979. The van der Waals surface area contributed by atoms with Gasteiger partial charge in [0.25, 0.3) is 5.91 Å². The largest absolute Gasteiger partial charge is 0.405 e. The summed E-state index contributed by atoms with van der Waals surface area (Å²) in [4.78, 5) is 11.7. The van der Waals surface area contributed by atoms with Gasteiger partial charge in [-0.3, -0.25) is 4.79 Å². The summed E-state index contributed by atoms with van der Waals surface area (Å²) in [6, 6.07) is 5.00. The standard InChI is InChI=1S/C15H19F3N2O4S/c1-24-12-5-7-20(8-6-12)25(22,23)13-4-2-3-11(9-13)14(21)19-10-15(16,17)18/h2-4,9,12H,5-8,10H2,1H3,(H,19,21). The van der Waals surface area contributed by atoms with E-state index in [0.717, 1.165) is 6.07 Å². The molecule has 1 heterocycles. The highest BCUT2D eigenvalue weighted by Gasteiger charge is 2.30. The summed E-state index contributed by atoms with van der Waals surface area (Å²) < 4.78 is 68.3. The van der Waals surface area contributed by atoms with Crippen molar-refractivity contribution in [2.45, 2.75) is 30.0 Å². The predicted octanol–water partition coefficient (Wildman–Crippen LogP) is 1.78. The molecule has 0 bridgehead atoms. The summed E-state index contributed by atoms with van der Waals surface area (Å²) in [7, 11) is -2.25. The molecule has 0 atom stereocenters. The van der Waals surface area contributed by atoms with E-state index in [-0.39, 0.29) is 29.7 Å². The monoisotopic (exact) mass is 380 g/mol. The Morgan fingerprint density at radius 2 is 1.96 bits per heavy atom. The summed E-state index contributed by atoms with van der Waals surface area (Å²) >= 11 is 0. The van der Waals surface area contributed by atoms with Gasteiger partial charge < -0.3 is 10.1 Å². The van der Waals surface area contributed by atoms with E-state index in [4.69, 9.17) is 4.74 Å². The third kappa shape index (κ3) is 5.16. The molecule has 25 heavy (non-hydrogen) atoms. The Balaban J connectivity index is 2.13. The highest BCUT2D eigenvalue weighted by molar-refractivity contribution is 7.89. The fraction of sp³-hybridized carbons (Fsp3) is 0.533. The SMILES string of the molecule is COC1CCN(S(=O)(=O)c2cccc(C(=O)NCC(F)(F)F)c2)CC1. The first kappa shape index (κ1) is 19.7. The Bertz CT molecular complexity index is 714. The number of rotatable bonds is 5. The van der Waals surface area contributed by atoms with Crippen LogP contribution in [0.4, 0.5) is 13.2 Å². The van der Waals surface area contributed by atoms with Gasteiger partial charge in [-0.1, -0.05) is 6.07 Å². The second-order valence-electron chi connectivity index (χ2n) is 5.66. The van der Waals surface area contributed by atoms with Crippen LogP contribution in [-0.2, 0) is 14.8 Å². The number of carbonyl (C=O) groups excluding carboxylic acids is 1. The fourth-order valence-corrected chi connectivity index (χ4v) is 4.05. The molecule has 6 nitrogen and oxygen atoms in total.